The minimum absolute atomic E-state index is 0.182. The van der Waals surface area contributed by atoms with Crippen LogP contribution in [0, 0.1) is 10.1 Å². The number of nitrogens with zero attached hydrogens (tertiary/aromatic N) is 3. The van der Waals surface area contributed by atoms with Crippen molar-refractivity contribution in [3.8, 4) is 0 Å². The number of hydrogen-bond donors (Lipinski definition) is 1. The molecule has 0 aliphatic carbocycles. The molecule has 0 unspecified atom stereocenters. The van der Waals surface area contributed by atoms with Crippen molar-refractivity contribution in [1.82, 2.24) is 9.97 Å². The number of nitro groups is 1. The highest BCUT2D eigenvalue weighted by Gasteiger charge is 2.20. The van der Waals surface area contributed by atoms with E-state index in [1.54, 1.807) is 0 Å². The first-order valence-corrected chi connectivity index (χ1v) is 4.40. The van der Waals surface area contributed by atoms with Crippen molar-refractivity contribution >= 4 is 23.1 Å². The van der Waals surface area contributed by atoms with Crippen LogP contribution in [0.15, 0.2) is 0 Å². The molecule has 7 heteroatoms. The lowest BCUT2D eigenvalue weighted by atomic mass is 10.3. The van der Waals surface area contributed by atoms with E-state index >= 15 is 0 Å². The van der Waals surface area contributed by atoms with Gasteiger partial charge in [0.15, 0.2) is 0 Å². The maximum Gasteiger partial charge on any atom is 0.348 e. The lowest BCUT2D eigenvalue weighted by Crippen LogP contribution is -2.05. The number of hydrogen-bond acceptors (Lipinski definition) is 5. The van der Waals surface area contributed by atoms with E-state index in [9.17, 15) is 10.1 Å². The molecule has 0 amide bonds. The van der Waals surface area contributed by atoms with Crippen molar-refractivity contribution in [3.05, 3.63) is 21.1 Å². The predicted octanol–water partition coefficient (Wildman–Crippen LogP) is 1.57. The van der Waals surface area contributed by atoms with Gasteiger partial charge in [0.25, 0.3) is 0 Å². The van der Waals surface area contributed by atoms with Crippen molar-refractivity contribution < 1.29 is 4.92 Å². The van der Waals surface area contributed by atoms with Crippen LogP contribution in [0.2, 0.25) is 5.15 Å². The fourth-order valence-electron chi connectivity index (χ4n) is 0.993. The van der Waals surface area contributed by atoms with E-state index in [-0.39, 0.29) is 11.0 Å². The summed E-state index contributed by atoms with van der Waals surface area (Å²) in [6.07, 6.45) is 1.43. The smallest absolute Gasteiger partial charge is 0.348 e. The highest BCUT2D eigenvalue weighted by molar-refractivity contribution is 6.31. The summed E-state index contributed by atoms with van der Waals surface area (Å²) >= 11 is 5.59. The Bertz CT molecular complexity index is 346. The first-order chi connectivity index (χ1) is 6.56. The molecule has 0 bridgehead atoms. The summed E-state index contributed by atoms with van der Waals surface area (Å²) in [5, 5.41) is 10.3. The van der Waals surface area contributed by atoms with E-state index in [4.69, 9.17) is 17.3 Å². The molecular formula is C7H9ClN4O2. The van der Waals surface area contributed by atoms with E-state index in [0.29, 0.717) is 12.2 Å². The summed E-state index contributed by atoms with van der Waals surface area (Å²) < 4.78 is 0. The molecule has 1 aromatic heterocycles. The fraction of sp³-hybridized carbons (Fsp3) is 0.429. The number of rotatable bonds is 3. The minimum atomic E-state index is -0.687. The van der Waals surface area contributed by atoms with Gasteiger partial charge in [0, 0.05) is 6.42 Å². The quantitative estimate of drug-likeness (QED) is 0.470. The second-order valence-electron chi connectivity index (χ2n) is 2.67. The van der Waals surface area contributed by atoms with E-state index in [1.165, 1.54) is 0 Å². The summed E-state index contributed by atoms with van der Waals surface area (Å²) in [6, 6.07) is 0. The van der Waals surface area contributed by atoms with E-state index in [2.05, 4.69) is 9.97 Å². The van der Waals surface area contributed by atoms with E-state index in [0.717, 1.165) is 6.42 Å². The maximum absolute atomic E-state index is 10.5. The Hall–Kier alpha value is -1.43. The Labute approximate surface area is 85.3 Å². The molecule has 0 saturated carbocycles. The third-order valence-electron chi connectivity index (χ3n) is 1.57. The first-order valence-electron chi connectivity index (χ1n) is 4.02. The van der Waals surface area contributed by atoms with Gasteiger partial charge in [-0.3, -0.25) is 10.1 Å². The van der Waals surface area contributed by atoms with Crippen molar-refractivity contribution in [3.63, 3.8) is 0 Å². The third kappa shape index (κ3) is 2.08. The largest absolute Gasteiger partial charge is 0.378 e. The van der Waals surface area contributed by atoms with Crippen LogP contribution in [0.4, 0.5) is 11.5 Å². The van der Waals surface area contributed by atoms with Gasteiger partial charge in [-0.1, -0.05) is 18.5 Å². The molecule has 0 atom stereocenters. The Kier molecular flexibility index (Phi) is 3.19. The van der Waals surface area contributed by atoms with Gasteiger partial charge in [-0.15, -0.1) is 0 Å². The molecule has 0 aliphatic heterocycles. The van der Waals surface area contributed by atoms with Crippen LogP contribution < -0.4 is 5.73 Å². The number of aryl methyl sites for hydroxylation is 1. The zero-order valence-corrected chi connectivity index (χ0v) is 8.28. The van der Waals surface area contributed by atoms with Crippen molar-refractivity contribution in [2.24, 2.45) is 0 Å². The number of nitrogens with two attached hydrogens (primary N) is 1. The highest BCUT2D eigenvalue weighted by Crippen LogP contribution is 2.27. The molecule has 76 valence electrons. The molecule has 1 rings (SSSR count). The highest BCUT2D eigenvalue weighted by atomic mass is 35.5. The van der Waals surface area contributed by atoms with Crippen LogP contribution in [0.5, 0.6) is 0 Å². The van der Waals surface area contributed by atoms with Crippen LogP contribution in [0.3, 0.4) is 0 Å². The Morgan fingerprint density at radius 3 is 2.64 bits per heavy atom. The summed E-state index contributed by atoms with van der Waals surface area (Å²) in [6.45, 7) is 1.94. The van der Waals surface area contributed by atoms with Gasteiger partial charge in [-0.2, -0.15) is 0 Å². The second-order valence-corrected chi connectivity index (χ2v) is 3.03. The summed E-state index contributed by atoms with van der Waals surface area (Å²) in [7, 11) is 0. The summed E-state index contributed by atoms with van der Waals surface area (Å²) in [4.78, 5) is 17.3. The van der Waals surface area contributed by atoms with Gasteiger partial charge in [-0.05, 0) is 6.42 Å². The lowest BCUT2D eigenvalue weighted by molar-refractivity contribution is -0.384. The lowest BCUT2D eigenvalue weighted by Gasteiger charge is -2.01. The first kappa shape index (κ1) is 10.6. The molecule has 0 radical (unpaired) electrons. The Morgan fingerprint density at radius 1 is 1.57 bits per heavy atom. The van der Waals surface area contributed by atoms with Crippen LogP contribution in [0.1, 0.15) is 19.2 Å². The molecule has 1 aromatic rings. The van der Waals surface area contributed by atoms with Crippen LogP contribution in [-0.2, 0) is 6.42 Å². The van der Waals surface area contributed by atoms with Crippen LogP contribution in [-0.4, -0.2) is 14.9 Å². The maximum atomic E-state index is 10.5. The topological polar surface area (TPSA) is 94.9 Å². The van der Waals surface area contributed by atoms with Crippen molar-refractivity contribution in [2.45, 2.75) is 19.8 Å². The van der Waals surface area contributed by atoms with Gasteiger partial charge in [0.2, 0.25) is 11.0 Å². The standard InChI is InChI=1S/C7H9ClN4O2/c1-2-3-4-10-6(8)5(12(13)14)7(9)11-4/h2-3H2,1H3,(H2,9,10,11). The number of aromatic nitrogens is 2. The molecule has 6 nitrogen and oxygen atoms in total. The molecule has 0 fully saturated rings. The molecule has 2 N–H and O–H groups in total. The number of halogens is 1. The number of anilines is 1. The molecule has 0 spiro atoms. The SMILES string of the molecule is CCCc1nc(N)c([N+](=O)[O-])c(Cl)n1. The van der Waals surface area contributed by atoms with Gasteiger partial charge >= 0.3 is 5.69 Å². The average Bonchev–Trinajstić information content (AvgIpc) is 2.01. The molecule has 0 aliphatic rings. The van der Waals surface area contributed by atoms with Gasteiger partial charge < -0.3 is 5.73 Å². The van der Waals surface area contributed by atoms with E-state index in [1.807, 2.05) is 6.92 Å². The van der Waals surface area contributed by atoms with Crippen LogP contribution >= 0.6 is 11.6 Å². The van der Waals surface area contributed by atoms with Crippen molar-refractivity contribution in [2.75, 3.05) is 5.73 Å². The van der Waals surface area contributed by atoms with Gasteiger partial charge in [-0.25, -0.2) is 9.97 Å². The average molecular weight is 217 g/mol. The molecule has 0 saturated heterocycles. The van der Waals surface area contributed by atoms with Gasteiger partial charge in [0.1, 0.15) is 5.82 Å². The summed E-state index contributed by atoms with van der Waals surface area (Å²) in [5.74, 6) is 0.249. The monoisotopic (exact) mass is 216 g/mol. The second kappa shape index (κ2) is 4.19. The van der Waals surface area contributed by atoms with Gasteiger partial charge in [0.05, 0.1) is 4.92 Å². The van der Waals surface area contributed by atoms with E-state index < -0.39 is 10.6 Å². The zero-order chi connectivity index (χ0) is 10.7. The predicted molar refractivity (Wildman–Crippen MR) is 52.1 cm³/mol. The molecular weight excluding hydrogens is 208 g/mol. The third-order valence-corrected chi connectivity index (χ3v) is 1.83. The van der Waals surface area contributed by atoms with Crippen LogP contribution in [0.25, 0.3) is 0 Å². The fourth-order valence-corrected chi connectivity index (χ4v) is 1.26. The minimum Gasteiger partial charge on any atom is -0.378 e. The van der Waals surface area contributed by atoms with Crippen molar-refractivity contribution in [1.29, 1.82) is 0 Å². The molecule has 14 heavy (non-hydrogen) atoms. The Balaban J connectivity index is 3.18. The Morgan fingerprint density at radius 2 is 2.21 bits per heavy atom. The molecule has 0 aromatic carbocycles. The molecule has 1 heterocycles. The summed E-state index contributed by atoms with van der Waals surface area (Å²) in [5.41, 5.74) is 4.95. The number of nitrogen functional groups attached to an aromatic ring is 1. The zero-order valence-electron chi connectivity index (χ0n) is 7.53. The normalized spacial score (nSPS) is 10.1.